The van der Waals surface area contributed by atoms with Gasteiger partial charge in [-0.15, -0.1) is 6.58 Å². The third-order valence-electron chi connectivity index (χ3n) is 2.77. The van der Waals surface area contributed by atoms with Crippen LogP contribution in [0, 0.1) is 12.8 Å². The van der Waals surface area contributed by atoms with E-state index >= 15 is 0 Å². The summed E-state index contributed by atoms with van der Waals surface area (Å²) < 4.78 is 24.9. The Morgan fingerprint density at radius 2 is 1.88 bits per heavy atom. The quantitative estimate of drug-likeness (QED) is 0.753. The second-order valence-electron chi connectivity index (χ2n) is 4.71. The lowest BCUT2D eigenvalue weighted by Gasteiger charge is -2.17. The Hall–Kier alpha value is -1.09. The molecule has 0 aliphatic carbocycles. The molecule has 1 aromatic carbocycles. The van der Waals surface area contributed by atoms with E-state index in [0.29, 0.717) is 17.2 Å². The first-order valence-corrected chi connectivity index (χ1v) is 7.36. The van der Waals surface area contributed by atoms with Gasteiger partial charge in [0.25, 0.3) is 0 Å². The Morgan fingerprint density at radius 3 is 2.35 bits per heavy atom. The number of hydrogen-bond acceptors (Lipinski definition) is 2. The van der Waals surface area contributed by atoms with Gasteiger partial charge in [0.2, 0.25) is 0 Å². The zero-order chi connectivity index (χ0) is 13.1. The van der Waals surface area contributed by atoms with Crippen molar-refractivity contribution in [3.63, 3.8) is 0 Å². The molecule has 0 aromatic heterocycles. The van der Waals surface area contributed by atoms with Crippen LogP contribution < -0.4 is 0 Å². The van der Waals surface area contributed by atoms with Crippen LogP contribution >= 0.6 is 0 Å². The van der Waals surface area contributed by atoms with Crippen LogP contribution in [0.15, 0.2) is 41.8 Å². The van der Waals surface area contributed by atoms with E-state index in [9.17, 15) is 8.42 Å². The van der Waals surface area contributed by atoms with Crippen LogP contribution in [0.2, 0.25) is 0 Å². The van der Waals surface area contributed by atoms with Crippen LogP contribution in [-0.4, -0.2) is 13.7 Å². The molecule has 17 heavy (non-hydrogen) atoms. The van der Waals surface area contributed by atoms with Gasteiger partial charge >= 0.3 is 0 Å². The molecule has 0 saturated carbocycles. The highest BCUT2D eigenvalue weighted by molar-refractivity contribution is 7.92. The molecule has 0 spiro atoms. The Morgan fingerprint density at radius 1 is 1.29 bits per heavy atom. The molecule has 0 heterocycles. The molecule has 2 nitrogen and oxygen atoms in total. The van der Waals surface area contributed by atoms with Crippen molar-refractivity contribution in [1.82, 2.24) is 0 Å². The topological polar surface area (TPSA) is 34.1 Å². The number of sulfone groups is 1. The first kappa shape index (κ1) is 14.0. The van der Waals surface area contributed by atoms with Crippen molar-refractivity contribution in [1.29, 1.82) is 0 Å². The molecule has 0 N–H and O–H groups in total. The molecule has 94 valence electrons. The first-order valence-electron chi connectivity index (χ1n) is 5.81. The Bertz CT molecular complexity index is 487. The molecular formula is C14H20O2S. The molecule has 1 aromatic rings. The van der Waals surface area contributed by atoms with Crippen molar-refractivity contribution in [3.05, 3.63) is 42.5 Å². The minimum atomic E-state index is -3.29. The highest BCUT2D eigenvalue weighted by atomic mass is 32.2. The third-order valence-corrected chi connectivity index (χ3v) is 5.02. The summed E-state index contributed by atoms with van der Waals surface area (Å²) in [5, 5.41) is -0.497. The van der Waals surface area contributed by atoms with E-state index in [0.717, 1.165) is 5.56 Å². The van der Waals surface area contributed by atoms with E-state index in [2.05, 4.69) is 6.58 Å². The van der Waals surface area contributed by atoms with Gasteiger partial charge in [-0.3, -0.25) is 0 Å². The molecule has 0 amide bonds. The minimum absolute atomic E-state index is 0.330. The Labute approximate surface area is 104 Å². The normalized spacial score (nSPS) is 13.6. The maximum atomic E-state index is 12.4. The molecule has 0 saturated heterocycles. The van der Waals surface area contributed by atoms with Crippen molar-refractivity contribution in [3.8, 4) is 0 Å². The average molecular weight is 252 g/mol. The molecule has 0 radical (unpaired) electrons. The van der Waals surface area contributed by atoms with Gasteiger partial charge in [-0.25, -0.2) is 8.42 Å². The van der Waals surface area contributed by atoms with Gasteiger partial charge in [0, 0.05) is 0 Å². The van der Waals surface area contributed by atoms with Crippen LogP contribution in [0.1, 0.15) is 25.8 Å². The molecule has 0 bridgehead atoms. The zero-order valence-corrected chi connectivity index (χ0v) is 11.5. The minimum Gasteiger partial charge on any atom is -0.223 e. The summed E-state index contributed by atoms with van der Waals surface area (Å²) in [4.78, 5) is 0.422. The largest absolute Gasteiger partial charge is 0.223 e. The van der Waals surface area contributed by atoms with E-state index in [4.69, 9.17) is 0 Å². The molecule has 3 heteroatoms. The van der Waals surface area contributed by atoms with Crippen molar-refractivity contribution < 1.29 is 8.42 Å². The highest BCUT2D eigenvalue weighted by Gasteiger charge is 2.26. The molecule has 1 atom stereocenters. The van der Waals surface area contributed by atoms with Crippen molar-refractivity contribution in [2.75, 3.05) is 0 Å². The number of hydrogen-bond donors (Lipinski definition) is 0. The summed E-state index contributed by atoms with van der Waals surface area (Å²) in [6.07, 6.45) is 2.15. The van der Waals surface area contributed by atoms with E-state index < -0.39 is 15.1 Å². The predicted molar refractivity (Wildman–Crippen MR) is 71.8 cm³/mol. The lowest BCUT2D eigenvalue weighted by Crippen LogP contribution is -2.21. The SMILES string of the molecule is C=CC(CC(C)C)S(=O)(=O)c1ccccc1C. The summed E-state index contributed by atoms with van der Waals surface area (Å²) in [5.41, 5.74) is 0.795. The van der Waals surface area contributed by atoms with Crippen LogP contribution in [0.25, 0.3) is 0 Å². The summed E-state index contributed by atoms with van der Waals surface area (Å²) in [6.45, 7) is 9.51. The number of benzene rings is 1. The second kappa shape index (κ2) is 5.50. The maximum absolute atomic E-state index is 12.4. The molecule has 0 fully saturated rings. The summed E-state index contributed by atoms with van der Waals surface area (Å²) in [5.74, 6) is 0.330. The maximum Gasteiger partial charge on any atom is 0.185 e. The predicted octanol–water partition coefficient (Wildman–Crippen LogP) is 3.37. The molecule has 1 unspecified atom stereocenters. The monoisotopic (exact) mass is 252 g/mol. The van der Waals surface area contributed by atoms with Gasteiger partial charge in [-0.2, -0.15) is 0 Å². The van der Waals surface area contributed by atoms with Crippen LogP contribution in [0.3, 0.4) is 0 Å². The number of rotatable bonds is 5. The standard InChI is InChI=1S/C14H20O2S/c1-5-13(10-11(2)3)17(15,16)14-9-7-6-8-12(14)4/h5-9,11,13H,1,10H2,2-4H3. The highest BCUT2D eigenvalue weighted by Crippen LogP contribution is 2.24. The molecule has 0 aliphatic heterocycles. The van der Waals surface area contributed by atoms with Crippen LogP contribution in [0.4, 0.5) is 0 Å². The molecular weight excluding hydrogens is 232 g/mol. The lowest BCUT2D eigenvalue weighted by atomic mass is 10.1. The van der Waals surface area contributed by atoms with Crippen molar-refractivity contribution in [2.24, 2.45) is 5.92 Å². The smallest absolute Gasteiger partial charge is 0.185 e. The van der Waals surface area contributed by atoms with Crippen LogP contribution in [-0.2, 0) is 9.84 Å². The fraction of sp³-hybridized carbons (Fsp3) is 0.429. The van der Waals surface area contributed by atoms with E-state index in [1.807, 2.05) is 32.9 Å². The summed E-state index contributed by atoms with van der Waals surface area (Å²) >= 11 is 0. The van der Waals surface area contributed by atoms with E-state index in [1.54, 1.807) is 18.2 Å². The Kier molecular flexibility index (Phi) is 4.52. The van der Waals surface area contributed by atoms with Gasteiger partial charge in [-0.05, 0) is 30.9 Å². The van der Waals surface area contributed by atoms with Crippen LogP contribution in [0.5, 0.6) is 0 Å². The van der Waals surface area contributed by atoms with Gasteiger partial charge in [0.05, 0.1) is 10.1 Å². The van der Waals surface area contributed by atoms with Crippen molar-refractivity contribution in [2.45, 2.75) is 37.3 Å². The van der Waals surface area contributed by atoms with Gasteiger partial charge in [0.1, 0.15) is 0 Å². The van der Waals surface area contributed by atoms with Crippen molar-refractivity contribution >= 4 is 9.84 Å². The van der Waals surface area contributed by atoms with E-state index in [-0.39, 0.29) is 0 Å². The zero-order valence-electron chi connectivity index (χ0n) is 10.7. The van der Waals surface area contributed by atoms with E-state index in [1.165, 1.54) is 0 Å². The molecule has 0 aliphatic rings. The third kappa shape index (κ3) is 3.19. The fourth-order valence-corrected chi connectivity index (χ4v) is 3.86. The van der Waals surface area contributed by atoms with Gasteiger partial charge in [0.15, 0.2) is 9.84 Å². The second-order valence-corrected chi connectivity index (χ2v) is 6.85. The first-order chi connectivity index (χ1) is 7.89. The van der Waals surface area contributed by atoms with Gasteiger partial charge in [-0.1, -0.05) is 38.1 Å². The average Bonchev–Trinajstić information content (AvgIpc) is 2.25. The summed E-state index contributed by atoms with van der Waals surface area (Å²) in [6, 6.07) is 7.10. The lowest BCUT2D eigenvalue weighted by molar-refractivity contribution is 0.550. The molecule has 1 rings (SSSR count). The summed E-state index contributed by atoms with van der Waals surface area (Å²) in [7, 11) is -3.29. The Balaban J connectivity index is 3.18. The van der Waals surface area contributed by atoms with Gasteiger partial charge < -0.3 is 0 Å². The number of aryl methyl sites for hydroxylation is 1. The fourth-order valence-electron chi connectivity index (χ4n) is 1.85.